The number of ether oxygens (including phenoxy) is 1. The van der Waals surface area contributed by atoms with Gasteiger partial charge in [0.25, 0.3) is 0 Å². The number of rotatable bonds is 3. The van der Waals surface area contributed by atoms with Gasteiger partial charge in [-0.1, -0.05) is 12.1 Å². The number of hydrogen-bond acceptors (Lipinski definition) is 5. The highest BCUT2D eigenvalue weighted by atomic mass is 16.5. The number of nitrogens with one attached hydrogen (secondary N) is 1. The molecule has 2 aliphatic heterocycles. The van der Waals surface area contributed by atoms with Crippen LogP contribution in [-0.2, 0) is 4.74 Å². The third kappa shape index (κ3) is 4.44. The number of carbonyl (C=O) groups is 1. The van der Waals surface area contributed by atoms with Crippen LogP contribution in [0.15, 0.2) is 48.5 Å². The molecule has 0 aliphatic carbocycles. The maximum absolute atomic E-state index is 12.8. The van der Waals surface area contributed by atoms with E-state index in [9.17, 15) is 4.79 Å². The molecule has 0 spiro atoms. The van der Waals surface area contributed by atoms with Gasteiger partial charge in [-0.3, -0.25) is 0 Å². The fraction of sp³-hybridized carbons (Fsp3) is 0.364. The molecule has 4 rings (SSSR count). The standard InChI is InChI=1S/C22H25N5O2/c23-17-18-5-7-19(8-6-18)25-9-11-27(12-10-25)22(28)24-20-3-1-2-4-21(20)26-13-15-29-16-14-26/h1-8H,9-16H2,(H,24,28). The van der Waals surface area contributed by atoms with E-state index in [0.717, 1.165) is 43.2 Å². The van der Waals surface area contributed by atoms with Gasteiger partial charge in [0.1, 0.15) is 0 Å². The lowest BCUT2D eigenvalue weighted by Crippen LogP contribution is -2.50. The van der Waals surface area contributed by atoms with E-state index in [-0.39, 0.29) is 6.03 Å². The van der Waals surface area contributed by atoms with E-state index in [1.165, 1.54) is 0 Å². The summed E-state index contributed by atoms with van der Waals surface area (Å²) < 4.78 is 5.44. The van der Waals surface area contributed by atoms with Crippen LogP contribution in [0.5, 0.6) is 0 Å². The first-order chi connectivity index (χ1) is 14.2. The number of benzene rings is 2. The topological polar surface area (TPSA) is 71.8 Å². The first-order valence-electron chi connectivity index (χ1n) is 9.97. The number of nitriles is 1. The lowest BCUT2D eigenvalue weighted by molar-refractivity contribution is 0.123. The molecule has 2 aliphatic rings. The van der Waals surface area contributed by atoms with Crippen LogP contribution in [0.2, 0.25) is 0 Å². The molecule has 7 nitrogen and oxygen atoms in total. The van der Waals surface area contributed by atoms with Gasteiger partial charge in [-0.25, -0.2) is 4.79 Å². The molecular formula is C22H25N5O2. The van der Waals surface area contributed by atoms with Crippen molar-refractivity contribution in [3.05, 3.63) is 54.1 Å². The van der Waals surface area contributed by atoms with E-state index in [0.29, 0.717) is 31.9 Å². The van der Waals surface area contributed by atoms with Gasteiger partial charge >= 0.3 is 6.03 Å². The van der Waals surface area contributed by atoms with Crippen molar-refractivity contribution in [1.29, 1.82) is 5.26 Å². The summed E-state index contributed by atoms with van der Waals surface area (Å²) in [5, 5.41) is 12.0. The van der Waals surface area contributed by atoms with Gasteiger partial charge in [0.15, 0.2) is 0 Å². The molecule has 0 atom stereocenters. The Morgan fingerprint density at radius 2 is 1.59 bits per heavy atom. The molecule has 0 unspecified atom stereocenters. The van der Waals surface area contributed by atoms with E-state index in [4.69, 9.17) is 10.00 Å². The molecule has 0 aromatic heterocycles. The second-order valence-corrected chi connectivity index (χ2v) is 7.18. The van der Waals surface area contributed by atoms with Gasteiger partial charge < -0.3 is 24.8 Å². The number of para-hydroxylation sites is 2. The number of carbonyl (C=O) groups excluding carboxylic acids is 1. The van der Waals surface area contributed by atoms with Crippen LogP contribution < -0.4 is 15.1 Å². The Hall–Kier alpha value is -3.24. The molecule has 0 bridgehead atoms. The Labute approximate surface area is 171 Å². The number of morpholine rings is 1. The number of nitrogens with zero attached hydrogens (tertiary/aromatic N) is 4. The first kappa shape index (κ1) is 19.1. The molecule has 2 saturated heterocycles. The van der Waals surface area contributed by atoms with E-state index < -0.39 is 0 Å². The van der Waals surface area contributed by atoms with Crippen molar-refractivity contribution in [1.82, 2.24) is 4.90 Å². The molecule has 0 saturated carbocycles. The molecule has 1 N–H and O–H groups in total. The molecule has 0 radical (unpaired) electrons. The average Bonchev–Trinajstić information content (AvgIpc) is 2.80. The Bertz CT molecular complexity index is 879. The van der Waals surface area contributed by atoms with Crippen LogP contribution in [-0.4, -0.2) is 63.4 Å². The van der Waals surface area contributed by atoms with Crippen LogP contribution in [0, 0.1) is 11.3 Å². The monoisotopic (exact) mass is 391 g/mol. The number of urea groups is 1. The van der Waals surface area contributed by atoms with Crippen molar-refractivity contribution in [3.63, 3.8) is 0 Å². The smallest absolute Gasteiger partial charge is 0.322 e. The van der Waals surface area contributed by atoms with Gasteiger partial charge in [-0.15, -0.1) is 0 Å². The average molecular weight is 391 g/mol. The zero-order chi connectivity index (χ0) is 20.1. The van der Waals surface area contributed by atoms with Crippen molar-refractivity contribution < 1.29 is 9.53 Å². The van der Waals surface area contributed by atoms with Gasteiger partial charge in [0, 0.05) is 45.0 Å². The fourth-order valence-electron chi connectivity index (χ4n) is 3.77. The lowest BCUT2D eigenvalue weighted by Gasteiger charge is -2.36. The summed E-state index contributed by atoms with van der Waals surface area (Å²) >= 11 is 0. The molecule has 2 amide bonds. The second-order valence-electron chi connectivity index (χ2n) is 7.18. The normalized spacial score (nSPS) is 17.0. The Balaban J connectivity index is 1.36. The summed E-state index contributed by atoms with van der Waals surface area (Å²) in [7, 11) is 0. The van der Waals surface area contributed by atoms with E-state index in [2.05, 4.69) is 21.2 Å². The number of anilines is 3. The van der Waals surface area contributed by atoms with E-state index >= 15 is 0 Å². The molecule has 2 heterocycles. The van der Waals surface area contributed by atoms with Crippen molar-refractivity contribution in [2.45, 2.75) is 0 Å². The number of amides is 2. The molecule has 7 heteroatoms. The maximum Gasteiger partial charge on any atom is 0.322 e. The minimum atomic E-state index is -0.0646. The van der Waals surface area contributed by atoms with Crippen molar-refractivity contribution >= 4 is 23.1 Å². The summed E-state index contributed by atoms with van der Waals surface area (Å²) in [5.74, 6) is 0. The summed E-state index contributed by atoms with van der Waals surface area (Å²) in [5.41, 5.74) is 3.63. The maximum atomic E-state index is 12.8. The molecule has 2 fully saturated rings. The fourth-order valence-corrected chi connectivity index (χ4v) is 3.77. The van der Waals surface area contributed by atoms with E-state index in [1.54, 1.807) is 0 Å². The van der Waals surface area contributed by atoms with Gasteiger partial charge in [0.05, 0.1) is 36.2 Å². The number of piperazine rings is 1. The highest BCUT2D eigenvalue weighted by Crippen LogP contribution is 2.27. The van der Waals surface area contributed by atoms with Gasteiger partial charge in [-0.05, 0) is 36.4 Å². The second kappa shape index (κ2) is 8.84. The zero-order valence-electron chi connectivity index (χ0n) is 16.4. The van der Waals surface area contributed by atoms with Crippen LogP contribution in [0.3, 0.4) is 0 Å². The highest BCUT2D eigenvalue weighted by Gasteiger charge is 2.23. The third-order valence-electron chi connectivity index (χ3n) is 5.43. The lowest BCUT2D eigenvalue weighted by atomic mass is 10.2. The van der Waals surface area contributed by atoms with Gasteiger partial charge in [-0.2, -0.15) is 5.26 Å². The Morgan fingerprint density at radius 1 is 0.897 bits per heavy atom. The van der Waals surface area contributed by atoms with Crippen LogP contribution in [0.4, 0.5) is 21.9 Å². The highest BCUT2D eigenvalue weighted by molar-refractivity contribution is 5.93. The minimum Gasteiger partial charge on any atom is -0.378 e. The first-order valence-corrected chi connectivity index (χ1v) is 9.97. The predicted molar refractivity (Wildman–Crippen MR) is 113 cm³/mol. The summed E-state index contributed by atoms with van der Waals surface area (Å²) in [6.45, 7) is 5.93. The van der Waals surface area contributed by atoms with Crippen molar-refractivity contribution in [2.75, 3.05) is 67.6 Å². The predicted octanol–water partition coefficient (Wildman–Crippen LogP) is 2.75. The SMILES string of the molecule is N#Cc1ccc(N2CCN(C(=O)Nc3ccccc3N3CCOCC3)CC2)cc1. The largest absolute Gasteiger partial charge is 0.378 e. The van der Waals surface area contributed by atoms with Crippen LogP contribution in [0.25, 0.3) is 0 Å². The molecule has 150 valence electrons. The van der Waals surface area contributed by atoms with Crippen LogP contribution >= 0.6 is 0 Å². The Kier molecular flexibility index (Phi) is 5.82. The quantitative estimate of drug-likeness (QED) is 0.871. The van der Waals surface area contributed by atoms with Crippen LogP contribution in [0.1, 0.15) is 5.56 Å². The zero-order valence-corrected chi connectivity index (χ0v) is 16.4. The Morgan fingerprint density at radius 3 is 2.28 bits per heavy atom. The molecular weight excluding hydrogens is 366 g/mol. The molecule has 2 aromatic carbocycles. The molecule has 29 heavy (non-hydrogen) atoms. The van der Waals surface area contributed by atoms with E-state index in [1.807, 2.05) is 53.4 Å². The molecule has 2 aromatic rings. The summed E-state index contributed by atoms with van der Waals surface area (Å²) in [4.78, 5) is 19.2. The summed E-state index contributed by atoms with van der Waals surface area (Å²) in [6, 6.07) is 17.6. The van der Waals surface area contributed by atoms with Crippen molar-refractivity contribution in [3.8, 4) is 6.07 Å². The third-order valence-corrected chi connectivity index (χ3v) is 5.43. The minimum absolute atomic E-state index is 0.0646. The van der Waals surface area contributed by atoms with Gasteiger partial charge in [0.2, 0.25) is 0 Å². The number of hydrogen-bond donors (Lipinski definition) is 1. The summed E-state index contributed by atoms with van der Waals surface area (Å²) in [6.07, 6.45) is 0. The van der Waals surface area contributed by atoms with Crippen molar-refractivity contribution in [2.24, 2.45) is 0 Å².